The first-order valence-electron chi connectivity index (χ1n) is 6.79. The monoisotopic (exact) mass is 320 g/mol. The third-order valence-electron chi connectivity index (χ3n) is 3.22. The highest BCUT2D eigenvalue weighted by Crippen LogP contribution is 2.21. The van der Waals surface area contributed by atoms with Crippen LogP contribution in [0.25, 0.3) is 0 Å². The lowest BCUT2D eigenvalue weighted by Crippen LogP contribution is -2.37. The lowest BCUT2D eigenvalue weighted by atomic mass is 10.2. The summed E-state index contributed by atoms with van der Waals surface area (Å²) in [4.78, 5) is 17.9. The number of hydrogen-bond donors (Lipinski definition) is 1. The van der Waals surface area contributed by atoms with E-state index in [9.17, 15) is 4.79 Å². The number of aliphatic hydroxyl groups excluding tert-OH is 1. The molecule has 6 heteroatoms. The van der Waals surface area contributed by atoms with Crippen LogP contribution in [0.5, 0.6) is 11.6 Å². The predicted octanol–water partition coefficient (Wildman–Crippen LogP) is 2.98. The van der Waals surface area contributed by atoms with Crippen molar-refractivity contribution < 1.29 is 14.6 Å². The van der Waals surface area contributed by atoms with Crippen molar-refractivity contribution in [2.24, 2.45) is 0 Å². The summed E-state index contributed by atoms with van der Waals surface area (Å²) in [6.07, 6.45) is 0. The van der Waals surface area contributed by atoms with Crippen molar-refractivity contribution in [3.05, 3.63) is 53.2 Å². The van der Waals surface area contributed by atoms with E-state index in [2.05, 4.69) is 4.98 Å². The summed E-state index contributed by atoms with van der Waals surface area (Å²) in [6, 6.07) is 11.6. The number of aliphatic hydroxyl groups is 1. The Hall–Kier alpha value is -2.11. The average molecular weight is 321 g/mol. The second-order valence-electron chi connectivity index (χ2n) is 4.86. The van der Waals surface area contributed by atoms with Crippen LogP contribution in [0, 0.1) is 0 Å². The lowest BCUT2D eigenvalue weighted by molar-refractivity contribution is 0.0675. The third kappa shape index (κ3) is 3.96. The minimum Gasteiger partial charge on any atom is -0.439 e. The summed E-state index contributed by atoms with van der Waals surface area (Å²) >= 11 is 5.82. The molecule has 0 bridgehead atoms. The van der Waals surface area contributed by atoms with Crippen molar-refractivity contribution in [3.63, 3.8) is 0 Å². The first-order chi connectivity index (χ1) is 10.5. The Morgan fingerprint density at radius 1 is 1.32 bits per heavy atom. The van der Waals surface area contributed by atoms with Gasteiger partial charge in [-0.25, -0.2) is 4.98 Å². The van der Waals surface area contributed by atoms with Gasteiger partial charge in [-0.2, -0.15) is 0 Å². The zero-order valence-electron chi connectivity index (χ0n) is 12.4. The van der Waals surface area contributed by atoms with E-state index in [0.717, 1.165) is 0 Å². The van der Waals surface area contributed by atoms with Gasteiger partial charge in [-0.05, 0) is 37.3 Å². The highest BCUT2D eigenvalue weighted by atomic mass is 35.5. The molecule has 5 nitrogen and oxygen atoms in total. The molecule has 0 aliphatic rings. The van der Waals surface area contributed by atoms with E-state index in [1.165, 1.54) is 4.90 Å². The first kappa shape index (κ1) is 16.3. The van der Waals surface area contributed by atoms with Crippen LogP contribution in [-0.4, -0.2) is 40.6 Å². The van der Waals surface area contributed by atoms with Crippen molar-refractivity contribution in [2.45, 2.75) is 13.0 Å². The summed E-state index contributed by atoms with van der Waals surface area (Å²) in [7, 11) is 1.62. The summed E-state index contributed by atoms with van der Waals surface area (Å²) < 4.78 is 5.60. The van der Waals surface area contributed by atoms with Crippen molar-refractivity contribution in [1.82, 2.24) is 9.88 Å². The van der Waals surface area contributed by atoms with Crippen LogP contribution in [0.15, 0.2) is 42.5 Å². The molecule has 0 fully saturated rings. The SMILES string of the molecule is C[C@H](CO)N(C)C(=O)c1cccc(Oc2ccc(Cl)cc2)n1. The molecule has 1 heterocycles. The van der Waals surface area contributed by atoms with Crippen molar-refractivity contribution in [1.29, 1.82) is 0 Å². The molecule has 1 aromatic heterocycles. The van der Waals surface area contributed by atoms with E-state index < -0.39 is 0 Å². The molecule has 1 atom stereocenters. The fraction of sp³-hybridized carbons (Fsp3) is 0.250. The van der Waals surface area contributed by atoms with Crippen LogP contribution >= 0.6 is 11.6 Å². The molecular formula is C16H17ClN2O3. The number of benzene rings is 1. The number of amides is 1. The normalized spacial score (nSPS) is 11.8. The Kier molecular flexibility index (Phi) is 5.35. The molecule has 2 aromatic rings. The summed E-state index contributed by atoms with van der Waals surface area (Å²) in [6.45, 7) is 1.65. The van der Waals surface area contributed by atoms with Gasteiger partial charge in [0.05, 0.1) is 12.6 Å². The second-order valence-corrected chi connectivity index (χ2v) is 5.30. The van der Waals surface area contributed by atoms with E-state index in [4.69, 9.17) is 21.4 Å². The van der Waals surface area contributed by atoms with Crippen LogP contribution in [0.1, 0.15) is 17.4 Å². The summed E-state index contributed by atoms with van der Waals surface area (Å²) in [5, 5.41) is 9.74. The molecule has 0 aliphatic heterocycles. The van der Waals surface area contributed by atoms with Crippen LogP contribution < -0.4 is 4.74 Å². The maximum absolute atomic E-state index is 12.3. The molecule has 0 unspecified atom stereocenters. The second kappa shape index (κ2) is 7.24. The minimum absolute atomic E-state index is 0.108. The minimum atomic E-state index is -0.282. The van der Waals surface area contributed by atoms with Gasteiger partial charge >= 0.3 is 0 Å². The fourth-order valence-corrected chi connectivity index (χ4v) is 1.84. The van der Waals surface area contributed by atoms with Crippen molar-refractivity contribution in [3.8, 4) is 11.6 Å². The van der Waals surface area contributed by atoms with Crippen LogP contribution in [0.2, 0.25) is 5.02 Å². The topological polar surface area (TPSA) is 62.7 Å². The maximum atomic E-state index is 12.3. The maximum Gasteiger partial charge on any atom is 0.272 e. The molecule has 0 saturated carbocycles. The molecule has 2 rings (SSSR count). The zero-order valence-corrected chi connectivity index (χ0v) is 13.1. The molecule has 116 valence electrons. The molecule has 0 spiro atoms. The van der Waals surface area contributed by atoms with Crippen LogP contribution in [-0.2, 0) is 0 Å². The molecule has 0 saturated heterocycles. The van der Waals surface area contributed by atoms with Gasteiger partial charge in [0.15, 0.2) is 0 Å². The highest BCUT2D eigenvalue weighted by molar-refractivity contribution is 6.30. The van der Waals surface area contributed by atoms with Crippen molar-refractivity contribution in [2.75, 3.05) is 13.7 Å². The van der Waals surface area contributed by atoms with Gasteiger partial charge in [-0.15, -0.1) is 0 Å². The lowest BCUT2D eigenvalue weighted by Gasteiger charge is -2.22. The number of aromatic nitrogens is 1. The Morgan fingerprint density at radius 3 is 2.64 bits per heavy atom. The summed E-state index contributed by atoms with van der Waals surface area (Å²) in [5.74, 6) is 0.625. The number of halogens is 1. The molecule has 1 amide bonds. The van der Waals surface area contributed by atoms with Gasteiger partial charge in [0, 0.05) is 18.1 Å². The Balaban J connectivity index is 2.16. The van der Waals surface area contributed by atoms with Gasteiger partial charge < -0.3 is 14.7 Å². The van der Waals surface area contributed by atoms with E-state index in [-0.39, 0.29) is 24.2 Å². The molecule has 1 N–H and O–H groups in total. The van der Waals surface area contributed by atoms with E-state index in [1.807, 2.05) is 0 Å². The van der Waals surface area contributed by atoms with Gasteiger partial charge in [0.2, 0.25) is 5.88 Å². The Morgan fingerprint density at radius 2 is 2.00 bits per heavy atom. The molecule has 0 radical (unpaired) electrons. The fourth-order valence-electron chi connectivity index (χ4n) is 1.72. The summed E-state index contributed by atoms with van der Waals surface area (Å²) in [5.41, 5.74) is 0.259. The standard InChI is InChI=1S/C16H17ClN2O3/c1-11(10-20)19(2)16(21)14-4-3-5-15(18-14)22-13-8-6-12(17)7-9-13/h3-9,11,20H,10H2,1-2H3/t11-/m1/s1. The van der Waals surface area contributed by atoms with Crippen LogP contribution in [0.4, 0.5) is 0 Å². The number of carbonyl (C=O) groups excluding carboxylic acids is 1. The molecule has 22 heavy (non-hydrogen) atoms. The highest BCUT2D eigenvalue weighted by Gasteiger charge is 2.18. The van der Waals surface area contributed by atoms with E-state index >= 15 is 0 Å². The number of likely N-dealkylation sites (N-methyl/N-ethyl adjacent to an activating group) is 1. The Bertz CT molecular complexity index is 646. The number of carbonyl (C=O) groups is 1. The van der Waals surface area contributed by atoms with Crippen molar-refractivity contribution >= 4 is 17.5 Å². The number of pyridine rings is 1. The molecular weight excluding hydrogens is 304 g/mol. The van der Waals surface area contributed by atoms with E-state index in [1.54, 1.807) is 56.4 Å². The van der Waals surface area contributed by atoms with Gasteiger partial charge in [-0.3, -0.25) is 4.79 Å². The quantitative estimate of drug-likeness (QED) is 0.920. The predicted molar refractivity (Wildman–Crippen MR) is 84.4 cm³/mol. The average Bonchev–Trinajstić information content (AvgIpc) is 2.55. The third-order valence-corrected chi connectivity index (χ3v) is 3.48. The number of hydrogen-bond acceptors (Lipinski definition) is 4. The smallest absolute Gasteiger partial charge is 0.272 e. The molecule has 1 aromatic carbocycles. The molecule has 0 aliphatic carbocycles. The Labute approximate surface area is 134 Å². The van der Waals surface area contributed by atoms with Gasteiger partial charge in [0.1, 0.15) is 11.4 Å². The zero-order chi connectivity index (χ0) is 16.1. The largest absolute Gasteiger partial charge is 0.439 e. The van der Waals surface area contributed by atoms with Gasteiger partial charge in [-0.1, -0.05) is 17.7 Å². The van der Waals surface area contributed by atoms with E-state index in [0.29, 0.717) is 16.7 Å². The van der Waals surface area contributed by atoms with Gasteiger partial charge in [0.25, 0.3) is 5.91 Å². The first-order valence-corrected chi connectivity index (χ1v) is 7.17. The van der Waals surface area contributed by atoms with Crippen LogP contribution in [0.3, 0.4) is 0 Å². The number of nitrogens with zero attached hydrogens (tertiary/aromatic N) is 2. The number of ether oxygens (including phenoxy) is 1. The number of rotatable bonds is 5.